The van der Waals surface area contributed by atoms with E-state index in [1.54, 1.807) is 14.2 Å². The predicted octanol–water partition coefficient (Wildman–Crippen LogP) is 4.17. The molecule has 2 rings (SSSR count). The third kappa shape index (κ3) is 4.98. The fraction of sp³-hybridized carbons (Fsp3) is 0.474. The molecule has 6 nitrogen and oxygen atoms in total. The summed E-state index contributed by atoms with van der Waals surface area (Å²) >= 11 is 0. The highest BCUT2D eigenvalue weighted by molar-refractivity contribution is 5.65. The third-order valence-electron chi connectivity index (χ3n) is 3.80. The highest BCUT2D eigenvalue weighted by Crippen LogP contribution is 2.31. The summed E-state index contributed by atoms with van der Waals surface area (Å²) in [7, 11) is 3.28. The van der Waals surface area contributed by atoms with Gasteiger partial charge in [-0.3, -0.25) is 0 Å². The second-order valence-electron chi connectivity index (χ2n) is 5.87. The molecule has 1 N–H and O–H groups in total. The number of benzene rings is 1. The van der Waals surface area contributed by atoms with Crippen molar-refractivity contribution in [3.05, 3.63) is 30.0 Å². The molecule has 1 aromatic heterocycles. The van der Waals surface area contributed by atoms with E-state index in [1.807, 2.05) is 31.2 Å². The number of rotatable bonds is 9. The summed E-state index contributed by atoms with van der Waals surface area (Å²) in [6.07, 6.45) is 2.16. The van der Waals surface area contributed by atoms with Crippen molar-refractivity contribution in [1.82, 2.24) is 9.97 Å². The van der Waals surface area contributed by atoms with E-state index in [0.29, 0.717) is 11.7 Å². The van der Waals surface area contributed by atoms with Crippen LogP contribution in [0, 0.1) is 6.92 Å². The van der Waals surface area contributed by atoms with Crippen molar-refractivity contribution < 1.29 is 9.47 Å². The van der Waals surface area contributed by atoms with E-state index in [4.69, 9.17) is 14.5 Å². The van der Waals surface area contributed by atoms with Gasteiger partial charge in [-0.1, -0.05) is 13.8 Å². The Morgan fingerprint density at radius 3 is 2.32 bits per heavy atom. The van der Waals surface area contributed by atoms with Crippen molar-refractivity contribution in [2.45, 2.75) is 33.6 Å². The maximum Gasteiger partial charge on any atom is 0.229 e. The topological polar surface area (TPSA) is 59.5 Å². The van der Waals surface area contributed by atoms with E-state index in [0.717, 1.165) is 48.9 Å². The van der Waals surface area contributed by atoms with Gasteiger partial charge < -0.3 is 19.7 Å². The smallest absolute Gasteiger partial charge is 0.229 e. The van der Waals surface area contributed by atoms with Gasteiger partial charge in [-0.25, -0.2) is 4.98 Å². The molecule has 0 aliphatic rings. The molecule has 1 aromatic carbocycles. The standard InChI is InChI=1S/C19H28N4O2/c1-6-10-23(11-7-2)18-12-14(3)20-19(22-18)21-16-13-15(24-4)8-9-17(16)25-5/h8-9,12-13H,6-7,10-11H2,1-5H3,(H,20,21,22). The van der Waals surface area contributed by atoms with Crippen molar-refractivity contribution in [2.75, 3.05) is 37.5 Å². The maximum atomic E-state index is 5.42. The SMILES string of the molecule is CCCN(CCC)c1cc(C)nc(Nc2cc(OC)ccc2OC)n1. The molecule has 25 heavy (non-hydrogen) atoms. The first-order valence-corrected chi connectivity index (χ1v) is 8.70. The first-order valence-electron chi connectivity index (χ1n) is 8.70. The predicted molar refractivity (Wildman–Crippen MR) is 102 cm³/mol. The number of aryl methyl sites for hydroxylation is 1. The van der Waals surface area contributed by atoms with E-state index >= 15 is 0 Å². The molecular formula is C19H28N4O2. The molecule has 0 fully saturated rings. The minimum absolute atomic E-state index is 0.554. The van der Waals surface area contributed by atoms with Crippen molar-refractivity contribution in [3.63, 3.8) is 0 Å². The van der Waals surface area contributed by atoms with E-state index in [-0.39, 0.29) is 0 Å². The Balaban J connectivity index is 2.34. The van der Waals surface area contributed by atoms with Gasteiger partial charge in [0.05, 0.1) is 19.9 Å². The molecule has 1 heterocycles. The lowest BCUT2D eigenvalue weighted by Gasteiger charge is -2.23. The summed E-state index contributed by atoms with van der Waals surface area (Å²) in [6, 6.07) is 7.62. The number of methoxy groups -OCH3 is 2. The van der Waals surface area contributed by atoms with Gasteiger partial charge in [-0.05, 0) is 31.9 Å². The summed E-state index contributed by atoms with van der Waals surface area (Å²) < 4.78 is 10.7. The molecular weight excluding hydrogens is 316 g/mol. The molecule has 0 aliphatic carbocycles. The number of ether oxygens (including phenoxy) is 2. The molecule has 0 aliphatic heterocycles. The lowest BCUT2D eigenvalue weighted by Crippen LogP contribution is -2.26. The van der Waals surface area contributed by atoms with Gasteiger partial charge in [0, 0.05) is 30.9 Å². The number of anilines is 3. The molecule has 136 valence electrons. The Kier molecular flexibility index (Phi) is 6.86. The second-order valence-corrected chi connectivity index (χ2v) is 5.87. The molecule has 6 heteroatoms. The third-order valence-corrected chi connectivity index (χ3v) is 3.80. The van der Waals surface area contributed by atoms with Crippen LogP contribution in [-0.2, 0) is 0 Å². The van der Waals surface area contributed by atoms with E-state index in [9.17, 15) is 0 Å². The lowest BCUT2D eigenvalue weighted by molar-refractivity contribution is 0.405. The zero-order valence-corrected chi connectivity index (χ0v) is 15.8. The van der Waals surface area contributed by atoms with Crippen LogP contribution in [0.3, 0.4) is 0 Å². The summed E-state index contributed by atoms with van der Waals surface area (Å²) in [5.74, 6) is 2.96. The Morgan fingerprint density at radius 2 is 1.72 bits per heavy atom. The van der Waals surface area contributed by atoms with Crippen LogP contribution in [0.2, 0.25) is 0 Å². The van der Waals surface area contributed by atoms with Crippen LogP contribution in [0.4, 0.5) is 17.5 Å². The second kappa shape index (κ2) is 9.11. The van der Waals surface area contributed by atoms with Crippen LogP contribution < -0.4 is 19.7 Å². The van der Waals surface area contributed by atoms with Gasteiger partial charge in [-0.15, -0.1) is 0 Å². The van der Waals surface area contributed by atoms with Gasteiger partial charge in [0.1, 0.15) is 17.3 Å². The molecule has 0 bridgehead atoms. The number of nitrogens with one attached hydrogen (secondary N) is 1. The van der Waals surface area contributed by atoms with Crippen molar-refractivity contribution in [3.8, 4) is 11.5 Å². The molecule has 0 atom stereocenters. The maximum absolute atomic E-state index is 5.42. The summed E-state index contributed by atoms with van der Waals surface area (Å²) in [5.41, 5.74) is 1.70. The average Bonchev–Trinajstić information content (AvgIpc) is 2.61. The minimum atomic E-state index is 0.554. The van der Waals surface area contributed by atoms with Crippen molar-refractivity contribution in [2.24, 2.45) is 0 Å². The van der Waals surface area contributed by atoms with E-state index in [2.05, 4.69) is 29.0 Å². The summed E-state index contributed by atoms with van der Waals surface area (Å²) in [6.45, 7) is 8.29. The highest BCUT2D eigenvalue weighted by atomic mass is 16.5. The van der Waals surface area contributed by atoms with Crippen LogP contribution >= 0.6 is 0 Å². The monoisotopic (exact) mass is 344 g/mol. The molecule has 0 saturated heterocycles. The van der Waals surface area contributed by atoms with Gasteiger partial charge >= 0.3 is 0 Å². The molecule has 0 saturated carbocycles. The molecule has 0 amide bonds. The largest absolute Gasteiger partial charge is 0.497 e. The van der Waals surface area contributed by atoms with Crippen LogP contribution in [-0.4, -0.2) is 37.3 Å². The zero-order chi connectivity index (χ0) is 18.2. The Bertz CT molecular complexity index is 685. The summed E-state index contributed by atoms with van der Waals surface area (Å²) in [4.78, 5) is 11.5. The quantitative estimate of drug-likeness (QED) is 0.737. The molecule has 2 aromatic rings. The van der Waals surface area contributed by atoms with Gasteiger partial charge in [-0.2, -0.15) is 4.98 Å². The first-order chi connectivity index (χ1) is 12.1. The van der Waals surface area contributed by atoms with Gasteiger partial charge in [0.15, 0.2) is 0 Å². The fourth-order valence-corrected chi connectivity index (χ4v) is 2.68. The van der Waals surface area contributed by atoms with Crippen LogP contribution in [0.15, 0.2) is 24.3 Å². The Morgan fingerprint density at radius 1 is 1.00 bits per heavy atom. The first kappa shape index (κ1) is 18.8. The molecule has 0 spiro atoms. The molecule has 0 radical (unpaired) electrons. The number of nitrogens with zero attached hydrogens (tertiary/aromatic N) is 3. The zero-order valence-electron chi connectivity index (χ0n) is 15.8. The Hall–Kier alpha value is -2.50. The van der Waals surface area contributed by atoms with Crippen LogP contribution in [0.25, 0.3) is 0 Å². The van der Waals surface area contributed by atoms with Gasteiger partial charge in [0.2, 0.25) is 5.95 Å². The Labute approximate surface area is 150 Å². The lowest BCUT2D eigenvalue weighted by atomic mass is 10.2. The molecule has 0 unspecified atom stereocenters. The van der Waals surface area contributed by atoms with E-state index < -0.39 is 0 Å². The average molecular weight is 344 g/mol. The van der Waals surface area contributed by atoms with Crippen molar-refractivity contribution in [1.29, 1.82) is 0 Å². The van der Waals surface area contributed by atoms with E-state index in [1.165, 1.54) is 0 Å². The van der Waals surface area contributed by atoms with Crippen LogP contribution in [0.5, 0.6) is 11.5 Å². The normalized spacial score (nSPS) is 10.4. The van der Waals surface area contributed by atoms with Crippen molar-refractivity contribution >= 4 is 17.5 Å². The number of hydrogen-bond acceptors (Lipinski definition) is 6. The fourth-order valence-electron chi connectivity index (χ4n) is 2.68. The van der Waals surface area contributed by atoms with Gasteiger partial charge in [0.25, 0.3) is 0 Å². The number of hydrogen-bond donors (Lipinski definition) is 1. The summed E-state index contributed by atoms with van der Waals surface area (Å²) in [5, 5.41) is 3.26. The number of aromatic nitrogens is 2. The van der Waals surface area contributed by atoms with Crippen LogP contribution in [0.1, 0.15) is 32.4 Å². The highest BCUT2D eigenvalue weighted by Gasteiger charge is 2.12. The minimum Gasteiger partial charge on any atom is -0.497 e.